The molecule has 0 saturated carbocycles. The highest BCUT2D eigenvalue weighted by Gasteiger charge is 2.52. The molecule has 7 aromatic rings. The normalized spacial score (nSPS) is 14.1. The molecule has 0 atom stereocenters. The number of fused-ring (bicyclic) bond motifs is 10. The Labute approximate surface area is 287 Å². The average molecular weight is 648 g/mol. The van der Waals surface area contributed by atoms with E-state index in [0.29, 0.717) is 0 Å². The van der Waals surface area contributed by atoms with Crippen LogP contribution in [0.4, 0.5) is 42.9 Å². The molecule has 0 N–H and O–H groups in total. The number of para-hydroxylation sites is 4. The second-order valence-electron chi connectivity index (χ2n) is 13.0. The highest BCUT2D eigenvalue weighted by atomic mass is 32.2. The minimum atomic E-state index is -0.597. The van der Waals surface area contributed by atoms with Crippen LogP contribution in [-0.2, 0) is 0 Å². The third-order valence-corrected chi connectivity index (χ3v) is 11.8. The molecule has 4 heterocycles. The molecular weight excluding hydrogens is 624 g/mol. The van der Waals surface area contributed by atoms with E-state index in [0.717, 1.165) is 55.4 Å². The van der Waals surface area contributed by atoms with E-state index in [1.807, 2.05) is 29.2 Å². The lowest BCUT2D eigenvalue weighted by Gasteiger charge is -2.50. The molecule has 0 spiro atoms. The first-order valence-corrected chi connectivity index (χ1v) is 17.4. The van der Waals surface area contributed by atoms with Gasteiger partial charge in [-0.15, -0.1) is 0 Å². The van der Waals surface area contributed by atoms with Crippen LogP contribution in [0.25, 0.3) is 11.1 Å². The third-order valence-electron chi connectivity index (χ3n) is 10.6. The topological polar surface area (TPSA) is 6.48 Å². The summed E-state index contributed by atoms with van der Waals surface area (Å²) < 4.78 is 32.6. The van der Waals surface area contributed by atoms with Crippen LogP contribution in [0.5, 0.6) is 0 Å². The van der Waals surface area contributed by atoms with Gasteiger partial charge in [0.25, 0.3) is 6.71 Å². The second kappa shape index (κ2) is 10.0. The Balaban J connectivity index is 1.40. The Morgan fingerprint density at radius 2 is 0.939 bits per heavy atom. The SMILES string of the molecule is Fc1cccc(F)c1N1c2ccccc2B2c3ccccc3N3c4ccccc4B4c5ccccc5Sc5c4c3c2c1c5-c1ccccc1. The zero-order chi connectivity index (χ0) is 32.4. The van der Waals surface area contributed by atoms with Gasteiger partial charge in [-0.1, -0.05) is 126 Å². The van der Waals surface area contributed by atoms with Crippen molar-refractivity contribution in [3.8, 4) is 11.1 Å². The summed E-state index contributed by atoms with van der Waals surface area (Å²) in [6.07, 6.45) is 0. The van der Waals surface area contributed by atoms with Gasteiger partial charge >= 0.3 is 0 Å². The van der Waals surface area contributed by atoms with Crippen LogP contribution < -0.4 is 42.6 Å². The molecule has 0 radical (unpaired) electrons. The number of anilines is 6. The molecule has 228 valence electrons. The van der Waals surface area contributed by atoms with Crippen molar-refractivity contribution in [1.82, 2.24) is 0 Å². The van der Waals surface area contributed by atoms with E-state index < -0.39 is 11.6 Å². The van der Waals surface area contributed by atoms with Crippen molar-refractivity contribution in [2.24, 2.45) is 0 Å². The molecule has 0 bridgehead atoms. The maximum atomic E-state index is 16.3. The van der Waals surface area contributed by atoms with E-state index in [-0.39, 0.29) is 19.1 Å². The molecule has 0 unspecified atom stereocenters. The van der Waals surface area contributed by atoms with Crippen molar-refractivity contribution in [2.75, 3.05) is 9.80 Å². The largest absolute Gasteiger partial charge is 0.312 e. The van der Waals surface area contributed by atoms with Crippen molar-refractivity contribution in [1.29, 1.82) is 0 Å². The smallest absolute Gasteiger partial charge is 0.252 e. The predicted molar refractivity (Wildman–Crippen MR) is 201 cm³/mol. The first-order valence-electron chi connectivity index (χ1n) is 16.6. The number of hydrogen-bond donors (Lipinski definition) is 0. The van der Waals surface area contributed by atoms with Gasteiger partial charge in [0.05, 0.1) is 5.69 Å². The zero-order valence-electron chi connectivity index (χ0n) is 26.1. The number of halogens is 2. The molecule has 49 heavy (non-hydrogen) atoms. The quantitative estimate of drug-likeness (QED) is 0.187. The van der Waals surface area contributed by atoms with Gasteiger partial charge in [0.15, 0.2) is 0 Å². The van der Waals surface area contributed by atoms with Crippen LogP contribution in [0.3, 0.4) is 0 Å². The number of nitrogens with zero attached hydrogens (tertiary/aromatic N) is 2. The van der Waals surface area contributed by atoms with Gasteiger partial charge in [-0.2, -0.15) is 0 Å². The number of benzene rings is 7. The van der Waals surface area contributed by atoms with Crippen LogP contribution in [0.15, 0.2) is 155 Å². The standard InChI is InChI=1S/C42H24B2F2N2S/c45-30-19-12-20-31(46)39(30)48-34-23-10-6-17-28(34)43-26-15-4-8-21-32(26)47-33-22-9-5-16-27(33)44-29-18-7-11-24-35(29)49-42-36(25-13-2-1-3-14-25)40(48)37(43)41(47)38(42)44/h1-24H. The number of hydrogen-bond acceptors (Lipinski definition) is 3. The van der Waals surface area contributed by atoms with Gasteiger partial charge < -0.3 is 9.80 Å². The molecule has 0 saturated heterocycles. The van der Waals surface area contributed by atoms with Crippen molar-refractivity contribution < 1.29 is 8.78 Å². The maximum Gasteiger partial charge on any atom is 0.252 e. The van der Waals surface area contributed by atoms with Crippen LogP contribution in [0.1, 0.15) is 0 Å². The van der Waals surface area contributed by atoms with E-state index in [1.165, 1.54) is 44.9 Å². The fraction of sp³-hybridized carbons (Fsp3) is 0. The van der Waals surface area contributed by atoms with E-state index >= 15 is 8.78 Å². The lowest BCUT2D eigenvalue weighted by molar-refractivity contribution is 0.586. The lowest BCUT2D eigenvalue weighted by Crippen LogP contribution is -2.68. The van der Waals surface area contributed by atoms with E-state index in [9.17, 15) is 0 Å². The number of rotatable bonds is 2. The highest BCUT2D eigenvalue weighted by molar-refractivity contribution is 8.00. The molecule has 0 fully saturated rings. The molecule has 0 aromatic heterocycles. The second-order valence-corrected chi connectivity index (χ2v) is 14.1. The van der Waals surface area contributed by atoms with E-state index in [1.54, 1.807) is 11.8 Å². The average Bonchev–Trinajstić information content (AvgIpc) is 3.15. The Bertz CT molecular complexity index is 2530. The van der Waals surface area contributed by atoms with Crippen molar-refractivity contribution in [3.63, 3.8) is 0 Å². The summed E-state index contributed by atoms with van der Waals surface area (Å²) in [7, 11) is 0. The van der Waals surface area contributed by atoms with Gasteiger partial charge in [0.2, 0.25) is 6.71 Å². The van der Waals surface area contributed by atoms with Gasteiger partial charge in [0, 0.05) is 38.1 Å². The van der Waals surface area contributed by atoms with Gasteiger partial charge in [0.1, 0.15) is 17.3 Å². The molecule has 7 aromatic carbocycles. The lowest BCUT2D eigenvalue weighted by atomic mass is 9.29. The monoisotopic (exact) mass is 648 g/mol. The molecule has 7 heteroatoms. The van der Waals surface area contributed by atoms with Crippen molar-refractivity contribution >= 4 is 92.1 Å². The molecule has 0 aliphatic carbocycles. The van der Waals surface area contributed by atoms with Crippen LogP contribution >= 0.6 is 11.8 Å². The Kier molecular flexibility index (Phi) is 5.60. The zero-order valence-corrected chi connectivity index (χ0v) is 26.9. The summed E-state index contributed by atoms with van der Waals surface area (Å²) in [6, 6.07) is 48.9. The summed E-state index contributed by atoms with van der Waals surface area (Å²) in [4.78, 5) is 6.64. The fourth-order valence-electron chi connectivity index (χ4n) is 8.85. The molecular formula is C42H24B2F2N2S. The molecule has 2 nitrogen and oxygen atoms in total. The summed E-state index contributed by atoms with van der Waals surface area (Å²) in [5.74, 6) is -1.19. The van der Waals surface area contributed by atoms with Gasteiger partial charge in [-0.3, -0.25) is 0 Å². The van der Waals surface area contributed by atoms with Crippen LogP contribution in [0, 0.1) is 11.6 Å². The summed E-state index contributed by atoms with van der Waals surface area (Å²) in [5.41, 5.74) is 14.0. The fourth-order valence-corrected chi connectivity index (χ4v) is 10.2. The van der Waals surface area contributed by atoms with Crippen molar-refractivity contribution in [3.05, 3.63) is 157 Å². The summed E-state index contributed by atoms with van der Waals surface area (Å²) >= 11 is 1.77. The summed E-state index contributed by atoms with van der Waals surface area (Å²) in [6.45, 7) is -0.162. The molecule has 11 rings (SSSR count). The first kappa shape index (κ1) is 27.4. The van der Waals surface area contributed by atoms with Gasteiger partial charge in [-0.05, 0) is 69.3 Å². The molecule has 0 amide bonds. The maximum absolute atomic E-state index is 16.3. The third kappa shape index (κ3) is 3.53. The highest BCUT2D eigenvalue weighted by Crippen LogP contribution is 2.53. The predicted octanol–water partition coefficient (Wildman–Crippen LogP) is 7.01. The van der Waals surface area contributed by atoms with Gasteiger partial charge in [-0.25, -0.2) is 8.78 Å². The Morgan fingerprint density at radius 3 is 1.57 bits per heavy atom. The minimum Gasteiger partial charge on any atom is -0.312 e. The summed E-state index contributed by atoms with van der Waals surface area (Å²) in [5, 5.41) is 0. The van der Waals surface area contributed by atoms with E-state index in [4.69, 9.17) is 0 Å². The van der Waals surface area contributed by atoms with Crippen LogP contribution in [0.2, 0.25) is 0 Å². The Morgan fingerprint density at radius 1 is 0.429 bits per heavy atom. The van der Waals surface area contributed by atoms with Crippen molar-refractivity contribution in [2.45, 2.75) is 9.79 Å². The minimum absolute atomic E-state index is 0.00982. The molecule has 4 aliphatic rings. The first-order chi connectivity index (χ1) is 24.2. The van der Waals surface area contributed by atoms with Crippen LogP contribution in [-0.4, -0.2) is 13.4 Å². The Hall–Kier alpha value is -5.52. The van der Waals surface area contributed by atoms with E-state index in [2.05, 4.69) is 108 Å². The molecule has 4 aliphatic heterocycles.